The minimum atomic E-state index is -3.61. The second kappa shape index (κ2) is 7.09. The maximum absolute atomic E-state index is 11.0. The molecule has 0 N–H and O–H groups in total. The van der Waals surface area contributed by atoms with Crippen molar-refractivity contribution in [2.75, 3.05) is 13.4 Å². The summed E-state index contributed by atoms with van der Waals surface area (Å²) in [4.78, 5) is 0. The van der Waals surface area contributed by atoms with Crippen LogP contribution in [0.5, 0.6) is 5.75 Å². The van der Waals surface area contributed by atoms with Gasteiger partial charge in [0, 0.05) is 5.56 Å². The number of benzene rings is 1. The summed E-state index contributed by atoms with van der Waals surface area (Å²) in [6.07, 6.45) is 3.90. The van der Waals surface area contributed by atoms with Crippen LogP contribution in [0.15, 0.2) is 36.0 Å². The Labute approximate surface area is 120 Å². The van der Waals surface area contributed by atoms with Gasteiger partial charge in [-0.05, 0) is 36.6 Å². The lowest BCUT2D eigenvalue weighted by molar-refractivity contribution is 0.342. The smallest absolute Gasteiger partial charge is 0.325 e. The molecule has 0 unspecified atom stereocenters. The van der Waals surface area contributed by atoms with Gasteiger partial charge in [0.15, 0.2) is 0 Å². The van der Waals surface area contributed by atoms with Gasteiger partial charge in [0.05, 0.1) is 19.1 Å². The molecule has 0 aromatic heterocycles. The van der Waals surface area contributed by atoms with Crippen molar-refractivity contribution in [3.8, 4) is 5.75 Å². The quantitative estimate of drug-likeness (QED) is 0.440. The molecule has 5 nitrogen and oxygen atoms in total. The molecule has 0 heterocycles. The van der Waals surface area contributed by atoms with Crippen LogP contribution < -0.4 is 4.74 Å². The molecule has 0 radical (unpaired) electrons. The molecule has 6 heteroatoms. The van der Waals surface area contributed by atoms with Gasteiger partial charge in [0.25, 0.3) is 0 Å². The van der Waals surface area contributed by atoms with Crippen molar-refractivity contribution in [3.63, 3.8) is 0 Å². The van der Waals surface area contributed by atoms with Crippen molar-refractivity contribution in [2.45, 2.75) is 19.8 Å². The van der Waals surface area contributed by atoms with E-state index in [1.165, 1.54) is 0 Å². The first-order valence-electron chi connectivity index (χ1n) is 6.15. The van der Waals surface area contributed by atoms with Crippen molar-refractivity contribution < 1.29 is 17.4 Å². The molecule has 1 rings (SSSR count). The highest BCUT2D eigenvalue weighted by atomic mass is 32.2. The zero-order chi connectivity index (χ0) is 15.2. The number of oxime groups is 1. The lowest BCUT2D eigenvalue weighted by Gasteiger charge is -2.11. The van der Waals surface area contributed by atoms with E-state index in [1.54, 1.807) is 19.3 Å². The first-order valence-corrected chi connectivity index (χ1v) is 7.96. The highest BCUT2D eigenvalue weighted by Crippen LogP contribution is 2.20. The maximum atomic E-state index is 11.0. The fourth-order valence-electron chi connectivity index (χ4n) is 1.72. The predicted molar refractivity (Wildman–Crippen MR) is 79.7 cm³/mol. The fourth-order valence-corrected chi connectivity index (χ4v) is 1.95. The van der Waals surface area contributed by atoms with Gasteiger partial charge in [-0.1, -0.05) is 18.2 Å². The first-order chi connectivity index (χ1) is 9.41. The highest BCUT2D eigenvalue weighted by molar-refractivity contribution is 7.85. The summed E-state index contributed by atoms with van der Waals surface area (Å²) in [6.45, 7) is 5.60. The number of rotatable bonds is 7. The Bertz CT molecular complexity index is 606. The summed E-state index contributed by atoms with van der Waals surface area (Å²) >= 11 is 0. The van der Waals surface area contributed by atoms with Crippen molar-refractivity contribution in [1.29, 1.82) is 0 Å². The molecule has 0 saturated carbocycles. The summed E-state index contributed by atoms with van der Waals surface area (Å²) in [7, 11) is -2.02. The Kier molecular flexibility index (Phi) is 5.76. The number of methoxy groups -OCH3 is 1. The molecule has 0 fully saturated rings. The largest absolute Gasteiger partial charge is 0.497 e. The Morgan fingerprint density at radius 2 is 2.15 bits per heavy atom. The summed E-state index contributed by atoms with van der Waals surface area (Å²) in [5.41, 5.74) is 2.35. The molecule has 110 valence electrons. The second-order valence-electron chi connectivity index (χ2n) is 4.19. The molecule has 0 saturated heterocycles. The fraction of sp³-hybridized carbons (Fsp3) is 0.357. The molecule has 0 amide bonds. The number of hydrogen-bond donors (Lipinski definition) is 0. The zero-order valence-corrected chi connectivity index (χ0v) is 12.7. The predicted octanol–water partition coefficient (Wildman–Crippen LogP) is 2.51. The Morgan fingerprint density at radius 1 is 1.45 bits per heavy atom. The standard InChI is InChI=1S/C14H19NO4S/c1-5-7-11-10-12(18-3)8-9-13(11)14(6-2)15-19-20(4,16)17/h5,8-10H,1,6-7H2,2-4H3. The Hall–Kier alpha value is -1.82. The zero-order valence-electron chi connectivity index (χ0n) is 11.9. The average Bonchev–Trinajstić information content (AvgIpc) is 2.39. The summed E-state index contributed by atoms with van der Waals surface area (Å²) in [5.74, 6) is 0.727. The minimum Gasteiger partial charge on any atom is -0.497 e. The van der Waals surface area contributed by atoms with Gasteiger partial charge in [-0.2, -0.15) is 8.42 Å². The van der Waals surface area contributed by atoms with E-state index in [9.17, 15) is 8.42 Å². The topological polar surface area (TPSA) is 65.0 Å². The van der Waals surface area contributed by atoms with E-state index >= 15 is 0 Å². The summed E-state index contributed by atoms with van der Waals surface area (Å²) in [5, 5.41) is 3.74. The number of allylic oxidation sites excluding steroid dienone is 1. The molecular formula is C14H19NO4S. The van der Waals surface area contributed by atoms with Gasteiger partial charge in [0.2, 0.25) is 0 Å². The van der Waals surface area contributed by atoms with Gasteiger partial charge >= 0.3 is 10.1 Å². The molecule has 1 aromatic carbocycles. The highest BCUT2D eigenvalue weighted by Gasteiger charge is 2.11. The van der Waals surface area contributed by atoms with Gasteiger partial charge < -0.3 is 4.74 Å². The van der Waals surface area contributed by atoms with Crippen LogP contribution in [0.4, 0.5) is 0 Å². The summed E-state index contributed by atoms with van der Waals surface area (Å²) < 4.78 is 31.8. The number of hydrogen-bond acceptors (Lipinski definition) is 5. The number of ether oxygens (including phenoxy) is 1. The molecule has 0 atom stereocenters. The van der Waals surface area contributed by atoms with Crippen LogP contribution in [-0.4, -0.2) is 27.5 Å². The third-order valence-corrected chi connectivity index (χ3v) is 2.95. The lowest BCUT2D eigenvalue weighted by Crippen LogP contribution is -2.07. The second-order valence-corrected chi connectivity index (χ2v) is 5.74. The van der Waals surface area contributed by atoms with Crippen molar-refractivity contribution in [1.82, 2.24) is 0 Å². The number of nitrogens with zero attached hydrogens (tertiary/aromatic N) is 1. The molecule has 0 aliphatic heterocycles. The Balaban J connectivity index is 3.23. The minimum absolute atomic E-state index is 0.548. The monoisotopic (exact) mass is 297 g/mol. The third-order valence-electron chi connectivity index (χ3n) is 2.61. The van der Waals surface area contributed by atoms with Crippen molar-refractivity contribution in [3.05, 3.63) is 42.0 Å². The van der Waals surface area contributed by atoms with Crippen LogP contribution in [0.2, 0.25) is 0 Å². The van der Waals surface area contributed by atoms with Gasteiger partial charge in [-0.15, -0.1) is 6.58 Å². The van der Waals surface area contributed by atoms with E-state index in [4.69, 9.17) is 4.74 Å². The Morgan fingerprint density at radius 3 is 2.65 bits per heavy atom. The third kappa shape index (κ3) is 4.70. The van der Waals surface area contributed by atoms with Gasteiger partial charge in [0.1, 0.15) is 5.75 Å². The van der Waals surface area contributed by atoms with E-state index in [1.807, 2.05) is 19.1 Å². The van der Waals surface area contributed by atoms with E-state index in [2.05, 4.69) is 16.0 Å². The van der Waals surface area contributed by atoms with Crippen LogP contribution in [-0.2, 0) is 20.8 Å². The molecule has 0 spiro atoms. The van der Waals surface area contributed by atoms with Crippen LogP contribution in [0, 0.1) is 0 Å². The molecule has 0 aliphatic carbocycles. The molecule has 1 aromatic rings. The van der Waals surface area contributed by atoms with E-state index < -0.39 is 10.1 Å². The average molecular weight is 297 g/mol. The van der Waals surface area contributed by atoms with Crippen LogP contribution in [0.1, 0.15) is 24.5 Å². The van der Waals surface area contributed by atoms with Crippen molar-refractivity contribution in [2.24, 2.45) is 5.16 Å². The van der Waals surface area contributed by atoms with Gasteiger partial charge in [-0.3, -0.25) is 4.28 Å². The van der Waals surface area contributed by atoms with Crippen molar-refractivity contribution >= 4 is 15.8 Å². The molecule has 0 aliphatic rings. The van der Waals surface area contributed by atoms with Gasteiger partial charge in [-0.25, -0.2) is 0 Å². The molecule has 0 bridgehead atoms. The van der Waals surface area contributed by atoms with Crippen LogP contribution >= 0.6 is 0 Å². The molecular weight excluding hydrogens is 278 g/mol. The maximum Gasteiger partial charge on any atom is 0.325 e. The molecule has 20 heavy (non-hydrogen) atoms. The van der Waals surface area contributed by atoms with E-state index in [0.717, 1.165) is 23.1 Å². The summed E-state index contributed by atoms with van der Waals surface area (Å²) in [6, 6.07) is 5.52. The van der Waals surface area contributed by atoms with Crippen LogP contribution in [0.3, 0.4) is 0 Å². The van der Waals surface area contributed by atoms with E-state index in [0.29, 0.717) is 18.6 Å². The van der Waals surface area contributed by atoms with Crippen LogP contribution in [0.25, 0.3) is 0 Å². The van der Waals surface area contributed by atoms with E-state index in [-0.39, 0.29) is 0 Å². The SMILES string of the molecule is C=CCc1cc(OC)ccc1C(CC)=NOS(C)(=O)=O. The lowest BCUT2D eigenvalue weighted by atomic mass is 9.99. The normalized spacial score (nSPS) is 12.1. The first kappa shape index (κ1) is 16.2.